The molecule has 1 fully saturated rings. The number of hydrogen-bond donors (Lipinski definition) is 1. The summed E-state index contributed by atoms with van der Waals surface area (Å²) >= 11 is 12.0. The fraction of sp³-hybridized carbons (Fsp3) is 0.385. The lowest BCUT2D eigenvalue weighted by Crippen LogP contribution is -2.30. The Labute approximate surface area is 120 Å². The second-order valence-electron chi connectivity index (χ2n) is 4.44. The van der Waals surface area contributed by atoms with E-state index in [2.05, 4.69) is 0 Å². The highest BCUT2D eigenvalue weighted by molar-refractivity contribution is 6.35. The van der Waals surface area contributed by atoms with Gasteiger partial charge in [-0.1, -0.05) is 29.3 Å². The van der Waals surface area contributed by atoms with Gasteiger partial charge >= 0.3 is 5.97 Å². The number of amides is 1. The molecule has 1 N–H and O–H groups in total. The smallest absolute Gasteiger partial charge is 0.309 e. The number of carboxylic acids is 1. The number of rotatable bonds is 3. The second-order valence-corrected chi connectivity index (χ2v) is 5.28. The first kappa shape index (κ1) is 14.2. The maximum Gasteiger partial charge on any atom is 0.309 e. The average Bonchev–Trinajstić information content (AvgIpc) is 2.66. The summed E-state index contributed by atoms with van der Waals surface area (Å²) < 4.78 is 0. The van der Waals surface area contributed by atoms with Gasteiger partial charge in [0.2, 0.25) is 5.91 Å². The van der Waals surface area contributed by atoms with Crippen LogP contribution in [-0.2, 0) is 9.59 Å². The van der Waals surface area contributed by atoms with Crippen LogP contribution < -0.4 is 0 Å². The van der Waals surface area contributed by atoms with Crippen molar-refractivity contribution in [3.8, 4) is 0 Å². The molecule has 2 rings (SSSR count). The van der Waals surface area contributed by atoms with Gasteiger partial charge in [0, 0.05) is 23.0 Å². The molecular weight excluding hydrogens is 289 g/mol. The van der Waals surface area contributed by atoms with Crippen LogP contribution in [0.2, 0.25) is 10.0 Å². The van der Waals surface area contributed by atoms with E-state index < -0.39 is 17.9 Å². The fourth-order valence-electron chi connectivity index (χ4n) is 2.51. The first-order valence-electron chi connectivity index (χ1n) is 5.93. The first-order valence-corrected chi connectivity index (χ1v) is 6.68. The fourth-order valence-corrected chi connectivity index (χ4v) is 3.03. The molecule has 102 valence electrons. The summed E-state index contributed by atoms with van der Waals surface area (Å²) in [6, 6.07) is 4.37. The number of carbonyl (C=O) groups excluding carboxylic acids is 1. The molecule has 0 aromatic heterocycles. The van der Waals surface area contributed by atoms with E-state index in [1.165, 1.54) is 0 Å². The third-order valence-corrected chi connectivity index (χ3v) is 3.93. The zero-order valence-electron chi connectivity index (χ0n) is 10.3. The van der Waals surface area contributed by atoms with Crippen LogP contribution in [0.5, 0.6) is 0 Å². The number of carbonyl (C=O) groups is 2. The predicted octanol–water partition coefficient (Wildman–Crippen LogP) is 2.99. The predicted molar refractivity (Wildman–Crippen MR) is 72.3 cm³/mol. The second kappa shape index (κ2) is 5.39. The molecule has 0 aliphatic carbocycles. The number of halogens is 2. The summed E-state index contributed by atoms with van der Waals surface area (Å²) in [6.07, 6.45) is 0.00674. The van der Waals surface area contributed by atoms with Gasteiger partial charge in [0.25, 0.3) is 0 Å². The quantitative estimate of drug-likeness (QED) is 0.934. The molecule has 1 saturated heterocycles. The lowest BCUT2D eigenvalue weighted by molar-refractivity contribution is -0.142. The highest BCUT2D eigenvalue weighted by Gasteiger charge is 2.44. The molecule has 19 heavy (non-hydrogen) atoms. The van der Waals surface area contributed by atoms with Gasteiger partial charge in [0.05, 0.1) is 12.0 Å². The van der Waals surface area contributed by atoms with Crippen LogP contribution in [0.15, 0.2) is 18.2 Å². The van der Waals surface area contributed by atoms with Crippen molar-refractivity contribution in [1.29, 1.82) is 0 Å². The third kappa shape index (κ3) is 2.55. The maximum atomic E-state index is 11.9. The number of hydrogen-bond acceptors (Lipinski definition) is 2. The van der Waals surface area contributed by atoms with Crippen molar-refractivity contribution in [1.82, 2.24) is 4.90 Å². The maximum absolute atomic E-state index is 11.9. The Kier molecular flexibility index (Phi) is 4.02. The zero-order valence-corrected chi connectivity index (χ0v) is 11.8. The van der Waals surface area contributed by atoms with Crippen molar-refractivity contribution in [2.75, 3.05) is 6.54 Å². The number of carboxylic acid groups (broad SMARTS) is 1. The zero-order chi connectivity index (χ0) is 14.2. The molecule has 0 radical (unpaired) electrons. The lowest BCUT2D eigenvalue weighted by Gasteiger charge is -2.26. The van der Waals surface area contributed by atoms with Gasteiger partial charge in [0.1, 0.15) is 0 Å². The average molecular weight is 302 g/mol. The van der Waals surface area contributed by atoms with Crippen LogP contribution in [0.25, 0.3) is 0 Å². The summed E-state index contributed by atoms with van der Waals surface area (Å²) in [5, 5.41) is 10.1. The Morgan fingerprint density at radius 2 is 2.16 bits per heavy atom. The van der Waals surface area contributed by atoms with E-state index in [1.54, 1.807) is 23.1 Å². The van der Waals surface area contributed by atoms with Gasteiger partial charge in [-0.2, -0.15) is 0 Å². The summed E-state index contributed by atoms with van der Waals surface area (Å²) in [6.45, 7) is 2.27. The summed E-state index contributed by atoms with van der Waals surface area (Å²) in [4.78, 5) is 24.7. The Hall–Kier alpha value is -1.26. The van der Waals surface area contributed by atoms with Crippen molar-refractivity contribution < 1.29 is 14.7 Å². The molecule has 1 amide bonds. The van der Waals surface area contributed by atoms with Gasteiger partial charge in [-0.25, -0.2) is 0 Å². The minimum absolute atomic E-state index is 0.00674. The molecule has 2 atom stereocenters. The topological polar surface area (TPSA) is 57.6 Å². The molecule has 4 nitrogen and oxygen atoms in total. The van der Waals surface area contributed by atoms with Crippen LogP contribution in [0.1, 0.15) is 24.9 Å². The van der Waals surface area contributed by atoms with Crippen molar-refractivity contribution in [3.05, 3.63) is 33.8 Å². The van der Waals surface area contributed by atoms with Crippen molar-refractivity contribution in [3.63, 3.8) is 0 Å². The van der Waals surface area contributed by atoms with E-state index in [9.17, 15) is 14.7 Å². The van der Waals surface area contributed by atoms with Crippen LogP contribution >= 0.6 is 23.2 Å². The number of aliphatic carboxylic acids is 1. The van der Waals surface area contributed by atoms with E-state index in [-0.39, 0.29) is 12.3 Å². The van der Waals surface area contributed by atoms with E-state index >= 15 is 0 Å². The SMILES string of the molecule is CCN1C(=O)CC(C(=O)O)C1c1ccc(Cl)cc1Cl. The van der Waals surface area contributed by atoms with Crippen LogP contribution in [-0.4, -0.2) is 28.4 Å². The molecular formula is C13H13Cl2NO3. The molecule has 2 unspecified atom stereocenters. The minimum Gasteiger partial charge on any atom is -0.481 e. The largest absolute Gasteiger partial charge is 0.481 e. The van der Waals surface area contributed by atoms with Crippen molar-refractivity contribution in [2.45, 2.75) is 19.4 Å². The molecule has 0 saturated carbocycles. The summed E-state index contributed by atoms with van der Waals surface area (Å²) in [5.41, 5.74) is 0.631. The molecule has 0 bridgehead atoms. The number of likely N-dealkylation sites (tertiary alicyclic amines) is 1. The van der Waals surface area contributed by atoms with E-state index in [0.29, 0.717) is 22.2 Å². The molecule has 1 aromatic carbocycles. The van der Waals surface area contributed by atoms with Crippen LogP contribution in [0.3, 0.4) is 0 Å². The van der Waals surface area contributed by atoms with Gasteiger partial charge in [-0.05, 0) is 24.6 Å². The van der Waals surface area contributed by atoms with Crippen molar-refractivity contribution >= 4 is 35.1 Å². The molecule has 1 aromatic rings. The molecule has 1 aliphatic heterocycles. The van der Waals surface area contributed by atoms with Crippen LogP contribution in [0, 0.1) is 5.92 Å². The summed E-state index contributed by atoms with van der Waals surface area (Å²) in [7, 11) is 0. The number of nitrogens with zero attached hydrogens (tertiary/aromatic N) is 1. The van der Waals surface area contributed by atoms with Gasteiger partial charge in [-0.15, -0.1) is 0 Å². The van der Waals surface area contributed by atoms with E-state index in [0.717, 1.165) is 0 Å². The first-order chi connectivity index (χ1) is 8.95. The summed E-state index contributed by atoms with van der Waals surface area (Å²) in [5.74, 6) is -1.92. The minimum atomic E-state index is -0.986. The molecule has 1 heterocycles. The molecule has 6 heteroatoms. The normalized spacial score (nSPS) is 22.9. The Morgan fingerprint density at radius 3 is 2.68 bits per heavy atom. The van der Waals surface area contributed by atoms with Gasteiger partial charge in [0.15, 0.2) is 0 Å². The van der Waals surface area contributed by atoms with Gasteiger partial charge < -0.3 is 10.0 Å². The Balaban J connectivity index is 2.48. The molecule has 0 spiro atoms. The monoisotopic (exact) mass is 301 g/mol. The highest BCUT2D eigenvalue weighted by Crippen LogP contribution is 2.41. The van der Waals surface area contributed by atoms with Crippen molar-refractivity contribution in [2.24, 2.45) is 5.92 Å². The van der Waals surface area contributed by atoms with E-state index in [4.69, 9.17) is 23.2 Å². The van der Waals surface area contributed by atoms with Gasteiger partial charge in [-0.3, -0.25) is 9.59 Å². The standard InChI is InChI=1S/C13H13Cl2NO3/c1-2-16-11(17)6-9(13(18)19)12(16)8-4-3-7(14)5-10(8)15/h3-5,9,12H,2,6H2,1H3,(H,18,19). The Bertz CT molecular complexity index is 533. The number of benzene rings is 1. The Morgan fingerprint density at radius 1 is 1.47 bits per heavy atom. The lowest BCUT2D eigenvalue weighted by atomic mass is 9.93. The molecule has 1 aliphatic rings. The van der Waals surface area contributed by atoms with E-state index in [1.807, 2.05) is 6.92 Å². The highest BCUT2D eigenvalue weighted by atomic mass is 35.5. The third-order valence-electron chi connectivity index (χ3n) is 3.37. The van der Waals surface area contributed by atoms with Crippen LogP contribution in [0.4, 0.5) is 0 Å².